The molecule has 1 aromatic carbocycles. The van der Waals surface area contributed by atoms with Crippen LogP contribution in [0.4, 0.5) is 5.69 Å². The van der Waals surface area contributed by atoms with Gasteiger partial charge in [-0.15, -0.1) is 0 Å². The molecule has 0 aliphatic carbocycles. The second-order valence-corrected chi connectivity index (χ2v) is 4.53. The van der Waals surface area contributed by atoms with E-state index < -0.39 is 0 Å². The molecule has 0 spiro atoms. The van der Waals surface area contributed by atoms with Crippen LogP contribution < -0.4 is 4.90 Å². The molecular formula is C14H15N3O. The Labute approximate surface area is 106 Å². The van der Waals surface area contributed by atoms with Crippen LogP contribution in [0.2, 0.25) is 0 Å². The van der Waals surface area contributed by atoms with Crippen LogP contribution in [-0.4, -0.2) is 22.4 Å². The molecular weight excluding hydrogens is 226 g/mol. The maximum Gasteiger partial charge on any atom is 0.232 e. The number of aromatic amines is 1. The molecule has 1 amide bonds. The number of imidazole rings is 1. The largest absolute Gasteiger partial charge is 0.348 e. The van der Waals surface area contributed by atoms with Crippen molar-refractivity contribution in [1.29, 1.82) is 0 Å². The summed E-state index contributed by atoms with van der Waals surface area (Å²) in [5, 5.41) is 0. The number of fused-ring (bicyclic) bond motifs is 1. The second kappa shape index (κ2) is 4.64. The highest BCUT2D eigenvalue weighted by Crippen LogP contribution is 2.27. The van der Waals surface area contributed by atoms with E-state index in [0.29, 0.717) is 6.42 Å². The van der Waals surface area contributed by atoms with Crippen LogP contribution in [0.5, 0.6) is 0 Å². The van der Waals surface area contributed by atoms with Gasteiger partial charge in [-0.25, -0.2) is 4.98 Å². The summed E-state index contributed by atoms with van der Waals surface area (Å²) in [6.07, 6.45) is 5.78. The molecule has 0 bridgehead atoms. The van der Waals surface area contributed by atoms with E-state index >= 15 is 0 Å². The minimum absolute atomic E-state index is 0.131. The summed E-state index contributed by atoms with van der Waals surface area (Å²) in [6, 6.07) is 8.15. The zero-order chi connectivity index (χ0) is 12.4. The first-order valence-electron chi connectivity index (χ1n) is 6.20. The lowest BCUT2D eigenvalue weighted by Gasteiger charge is -2.29. The molecule has 1 N–H and O–H groups in total. The Kier molecular flexibility index (Phi) is 2.84. The van der Waals surface area contributed by atoms with E-state index in [-0.39, 0.29) is 5.91 Å². The Hall–Kier alpha value is -2.10. The van der Waals surface area contributed by atoms with Gasteiger partial charge in [0, 0.05) is 24.1 Å². The van der Waals surface area contributed by atoms with Gasteiger partial charge in [0.05, 0.1) is 12.7 Å². The standard InChI is InChI=1S/C14H15N3O/c18-14(8-12-9-15-10-16-12)17-7-3-5-11-4-1-2-6-13(11)17/h1-2,4,6,9-10H,3,5,7-8H2,(H,15,16). The van der Waals surface area contributed by atoms with Gasteiger partial charge in [0.15, 0.2) is 0 Å². The van der Waals surface area contributed by atoms with E-state index in [1.54, 1.807) is 12.5 Å². The molecule has 92 valence electrons. The number of anilines is 1. The highest BCUT2D eigenvalue weighted by molar-refractivity contribution is 5.95. The Morgan fingerprint density at radius 2 is 2.28 bits per heavy atom. The van der Waals surface area contributed by atoms with Gasteiger partial charge < -0.3 is 9.88 Å². The van der Waals surface area contributed by atoms with Crippen molar-refractivity contribution in [2.45, 2.75) is 19.3 Å². The predicted molar refractivity (Wildman–Crippen MR) is 69.4 cm³/mol. The number of hydrogen-bond donors (Lipinski definition) is 1. The van der Waals surface area contributed by atoms with Gasteiger partial charge in [0.25, 0.3) is 0 Å². The molecule has 2 heterocycles. The number of rotatable bonds is 2. The quantitative estimate of drug-likeness (QED) is 0.873. The Morgan fingerprint density at radius 1 is 1.39 bits per heavy atom. The van der Waals surface area contributed by atoms with E-state index in [4.69, 9.17) is 0 Å². The van der Waals surface area contributed by atoms with Crippen LogP contribution in [-0.2, 0) is 17.6 Å². The third-order valence-corrected chi connectivity index (χ3v) is 3.31. The predicted octanol–water partition coefficient (Wildman–Crippen LogP) is 1.93. The van der Waals surface area contributed by atoms with Crippen molar-refractivity contribution in [2.24, 2.45) is 0 Å². The van der Waals surface area contributed by atoms with E-state index in [1.807, 2.05) is 23.1 Å². The summed E-state index contributed by atoms with van der Waals surface area (Å²) in [5.74, 6) is 0.131. The van der Waals surface area contributed by atoms with Gasteiger partial charge in [-0.2, -0.15) is 0 Å². The summed E-state index contributed by atoms with van der Waals surface area (Å²) in [4.78, 5) is 21.1. The van der Waals surface area contributed by atoms with Gasteiger partial charge in [-0.1, -0.05) is 18.2 Å². The van der Waals surface area contributed by atoms with Crippen LogP contribution in [0.15, 0.2) is 36.8 Å². The molecule has 0 unspecified atom stereocenters. The maximum atomic E-state index is 12.3. The third-order valence-electron chi connectivity index (χ3n) is 3.31. The van der Waals surface area contributed by atoms with Crippen LogP contribution in [0.3, 0.4) is 0 Å². The van der Waals surface area contributed by atoms with Crippen molar-refractivity contribution in [2.75, 3.05) is 11.4 Å². The zero-order valence-electron chi connectivity index (χ0n) is 10.1. The highest BCUT2D eigenvalue weighted by atomic mass is 16.2. The first-order valence-corrected chi connectivity index (χ1v) is 6.20. The SMILES string of the molecule is O=C(Cc1cnc[nH]1)N1CCCc2ccccc21. The highest BCUT2D eigenvalue weighted by Gasteiger charge is 2.22. The fourth-order valence-electron chi connectivity index (χ4n) is 2.43. The number of benzene rings is 1. The average molecular weight is 241 g/mol. The Bertz CT molecular complexity index is 548. The van der Waals surface area contributed by atoms with Crippen molar-refractivity contribution < 1.29 is 4.79 Å². The fraction of sp³-hybridized carbons (Fsp3) is 0.286. The number of para-hydroxylation sites is 1. The summed E-state index contributed by atoms with van der Waals surface area (Å²) in [5.41, 5.74) is 3.19. The van der Waals surface area contributed by atoms with Crippen molar-refractivity contribution in [1.82, 2.24) is 9.97 Å². The Balaban J connectivity index is 1.83. The number of carbonyl (C=O) groups is 1. The number of aromatic nitrogens is 2. The van der Waals surface area contributed by atoms with Gasteiger partial charge in [0.1, 0.15) is 0 Å². The van der Waals surface area contributed by atoms with Crippen molar-refractivity contribution >= 4 is 11.6 Å². The monoisotopic (exact) mass is 241 g/mol. The van der Waals surface area contributed by atoms with Gasteiger partial charge in [-0.3, -0.25) is 4.79 Å². The summed E-state index contributed by atoms with van der Waals surface area (Å²) < 4.78 is 0. The van der Waals surface area contributed by atoms with Crippen LogP contribution in [0.1, 0.15) is 17.7 Å². The fourth-order valence-corrected chi connectivity index (χ4v) is 2.43. The molecule has 0 saturated carbocycles. The topological polar surface area (TPSA) is 49.0 Å². The first-order chi connectivity index (χ1) is 8.84. The van der Waals surface area contributed by atoms with Crippen molar-refractivity contribution in [3.05, 3.63) is 48.0 Å². The number of amides is 1. The number of aryl methyl sites for hydroxylation is 1. The molecule has 18 heavy (non-hydrogen) atoms. The number of nitrogens with zero attached hydrogens (tertiary/aromatic N) is 2. The molecule has 0 radical (unpaired) electrons. The molecule has 2 aromatic rings. The first kappa shape index (κ1) is 11.0. The molecule has 3 rings (SSSR count). The lowest BCUT2D eigenvalue weighted by atomic mass is 10.0. The number of hydrogen-bond acceptors (Lipinski definition) is 2. The molecule has 0 fully saturated rings. The summed E-state index contributed by atoms with van der Waals surface area (Å²) in [6.45, 7) is 0.810. The Morgan fingerprint density at radius 3 is 3.11 bits per heavy atom. The molecule has 4 heteroatoms. The van der Waals surface area contributed by atoms with Crippen LogP contribution in [0, 0.1) is 0 Å². The maximum absolute atomic E-state index is 12.3. The van der Waals surface area contributed by atoms with Crippen molar-refractivity contribution in [3.8, 4) is 0 Å². The molecule has 0 atom stereocenters. The van der Waals surface area contributed by atoms with Gasteiger partial charge in [-0.05, 0) is 24.5 Å². The number of H-pyrrole nitrogens is 1. The minimum atomic E-state index is 0.131. The van der Waals surface area contributed by atoms with Crippen molar-refractivity contribution in [3.63, 3.8) is 0 Å². The number of carbonyl (C=O) groups excluding carboxylic acids is 1. The summed E-state index contributed by atoms with van der Waals surface area (Å²) >= 11 is 0. The van der Waals surface area contributed by atoms with E-state index in [9.17, 15) is 4.79 Å². The minimum Gasteiger partial charge on any atom is -0.348 e. The van der Waals surface area contributed by atoms with Crippen LogP contribution in [0.25, 0.3) is 0 Å². The molecule has 1 aromatic heterocycles. The van der Waals surface area contributed by atoms with Gasteiger partial charge >= 0.3 is 0 Å². The van der Waals surface area contributed by atoms with E-state index in [0.717, 1.165) is 30.8 Å². The average Bonchev–Trinajstić information content (AvgIpc) is 2.91. The second-order valence-electron chi connectivity index (χ2n) is 4.53. The molecule has 1 aliphatic heterocycles. The molecule has 1 aliphatic rings. The lowest BCUT2D eigenvalue weighted by Crippen LogP contribution is -2.36. The third kappa shape index (κ3) is 2.01. The number of nitrogens with one attached hydrogen (secondary N) is 1. The molecule has 4 nitrogen and oxygen atoms in total. The lowest BCUT2D eigenvalue weighted by molar-refractivity contribution is -0.118. The smallest absolute Gasteiger partial charge is 0.232 e. The van der Waals surface area contributed by atoms with Gasteiger partial charge in [0.2, 0.25) is 5.91 Å². The van der Waals surface area contributed by atoms with E-state index in [1.165, 1.54) is 5.56 Å². The zero-order valence-corrected chi connectivity index (χ0v) is 10.1. The molecule has 0 saturated heterocycles. The van der Waals surface area contributed by atoms with Crippen LogP contribution >= 0.6 is 0 Å². The summed E-state index contributed by atoms with van der Waals surface area (Å²) in [7, 11) is 0. The van der Waals surface area contributed by atoms with E-state index in [2.05, 4.69) is 16.0 Å². The normalized spacial score (nSPS) is 14.3.